The number of pyridine rings is 1. The van der Waals surface area contributed by atoms with Gasteiger partial charge in [0.15, 0.2) is 0 Å². The number of nitrogens with zero attached hydrogens (tertiary/aromatic N) is 3. The Morgan fingerprint density at radius 1 is 1.16 bits per heavy atom. The fourth-order valence-corrected chi connectivity index (χ4v) is 4.66. The average molecular weight is 415 g/mol. The van der Waals surface area contributed by atoms with E-state index in [-0.39, 0.29) is 49.4 Å². The summed E-state index contributed by atoms with van der Waals surface area (Å²) in [6.07, 6.45) is 4.25. The molecule has 3 fully saturated rings. The molecule has 1 aromatic heterocycles. The van der Waals surface area contributed by atoms with Crippen molar-refractivity contribution in [3.8, 4) is 11.8 Å². The molecule has 2 aliphatic heterocycles. The number of carbonyl (C=O) groups is 2. The Bertz CT molecular complexity index is 1040. The molecule has 5 rings (SSSR count). The second-order valence-electron chi connectivity index (χ2n) is 8.58. The molecular weight excluding hydrogens is 390 g/mol. The van der Waals surface area contributed by atoms with E-state index in [1.165, 1.54) is 12.8 Å². The fraction of sp³-hybridized carbons (Fsp3) is 0.400. The lowest BCUT2D eigenvalue weighted by Crippen LogP contribution is -2.73. The third-order valence-corrected chi connectivity index (χ3v) is 6.46. The lowest BCUT2D eigenvalue weighted by Gasteiger charge is -2.58. The van der Waals surface area contributed by atoms with Crippen LogP contribution in [0.5, 0.6) is 0 Å². The third-order valence-electron chi connectivity index (χ3n) is 6.46. The van der Waals surface area contributed by atoms with Crippen LogP contribution >= 0.6 is 0 Å². The highest BCUT2D eigenvalue weighted by Gasteiger charge is 2.54. The minimum atomic E-state index is -0.242. The van der Waals surface area contributed by atoms with Crippen LogP contribution in [0.3, 0.4) is 0 Å². The molecule has 1 aromatic carbocycles. The lowest BCUT2D eigenvalue weighted by atomic mass is 9.73. The molecule has 158 valence electrons. The number of carbonyl (C=O) groups excluding carboxylic acids is 2. The van der Waals surface area contributed by atoms with E-state index in [1.807, 2.05) is 42.5 Å². The van der Waals surface area contributed by atoms with Gasteiger partial charge in [-0.15, -0.1) is 0 Å². The summed E-state index contributed by atoms with van der Waals surface area (Å²) in [5, 5.41) is 9.95. The van der Waals surface area contributed by atoms with Gasteiger partial charge in [-0.1, -0.05) is 30.0 Å². The van der Waals surface area contributed by atoms with E-state index in [4.69, 9.17) is 0 Å². The minimum Gasteiger partial charge on any atom is -0.394 e. The summed E-state index contributed by atoms with van der Waals surface area (Å²) < 4.78 is 0. The van der Waals surface area contributed by atoms with Gasteiger partial charge < -0.3 is 14.9 Å². The number of aromatic nitrogens is 1. The largest absolute Gasteiger partial charge is 0.394 e. The first kappa shape index (κ1) is 19.8. The quantitative estimate of drug-likeness (QED) is 0.770. The number of rotatable bonds is 4. The van der Waals surface area contributed by atoms with Gasteiger partial charge >= 0.3 is 0 Å². The highest BCUT2D eigenvalue weighted by atomic mass is 16.3. The van der Waals surface area contributed by atoms with Crippen LogP contribution in [-0.4, -0.2) is 63.5 Å². The number of aliphatic hydroxyl groups is 1. The number of amides is 2. The van der Waals surface area contributed by atoms with Gasteiger partial charge in [0, 0.05) is 35.8 Å². The maximum absolute atomic E-state index is 12.8. The van der Waals surface area contributed by atoms with Crippen molar-refractivity contribution in [1.82, 2.24) is 14.8 Å². The first-order valence-electron chi connectivity index (χ1n) is 10.9. The second-order valence-corrected chi connectivity index (χ2v) is 8.58. The molecule has 2 amide bonds. The average Bonchev–Trinajstić information content (AvgIpc) is 3.60. The van der Waals surface area contributed by atoms with E-state index in [1.54, 1.807) is 16.0 Å². The van der Waals surface area contributed by atoms with Gasteiger partial charge in [0.25, 0.3) is 0 Å². The Labute approximate surface area is 181 Å². The summed E-state index contributed by atoms with van der Waals surface area (Å²) in [4.78, 5) is 33.2. The van der Waals surface area contributed by atoms with Crippen LogP contribution in [0.25, 0.3) is 0 Å². The summed E-state index contributed by atoms with van der Waals surface area (Å²) >= 11 is 0. The van der Waals surface area contributed by atoms with Crippen molar-refractivity contribution in [3.63, 3.8) is 0 Å². The van der Waals surface area contributed by atoms with Crippen LogP contribution in [0.4, 0.5) is 0 Å². The number of hydrogen-bond donors (Lipinski definition) is 1. The van der Waals surface area contributed by atoms with E-state index in [9.17, 15) is 14.7 Å². The molecule has 31 heavy (non-hydrogen) atoms. The molecule has 6 nitrogen and oxygen atoms in total. The molecule has 1 N–H and O–H groups in total. The number of aliphatic hydroxyl groups excluding tert-OH is 1. The van der Waals surface area contributed by atoms with Crippen LogP contribution in [0.1, 0.15) is 35.6 Å². The first-order valence-corrected chi connectivity index (χ1v) is 10.9. The number of benzene rings is 1. The maximum Gasteiger partial charge on any atom is 0.242 e. The zero-order valence-corrected chi connectivity index (χ0v) is 17.3. The van der Waals surface area contributed by atoms with Crippen LogP contribution in [0.2, 0.25) is 0 Å². The normalized spacial score (nSPS) is 24.7. The van der Waals surface area contributed by atoms with Gasteiger partial charge in [-0.05, 0) is 42.7 Å². The molecule has 0 radical (unpaired) electrons. The highest BCUT2D eigenvalue weighted by Crippen LogP contribution is 2.43. The van der Waals surface area contributed by atoms with Gasteiger partial charge in [0.05, 0.1) is 31.7 Å². The molecule has 0 spiro atoms. The van der Waals surface area contributed by atoms with Crippen molar-refractivity contribution >= 4 is 11.8 Å². The summed E-state index contributed by atoms with van der Waals surface area (Å²) in [6, 6.07) is 13.2. The first-order chi connectivity index (χ1) is 15.1. The van der Waals surface area contributed by atoms with Gasteiger partial charge in [-0.25, -0.2) is 0 Å². The Kier molecular flexibility index (Phi) is 5.21. The van der Waals surface area contributed by atoms with Crippen molar-refractivity contribution < 1.29 is 14.7 Å². The zero-order chi connectivity index (χ0) is 21.4. The number of piperazine rings is 1. The van der Waals surface area contributed by atoms with Crippen molar-refractivity contribution in [1.29, 1.82) is 0 Å². The Morgan fingerprint density at radius 2 is 1.97 bits per heavy atom. The van der Waals surface area contributed by atoms with Crippen LogP contribution in [-0.2, 0) is 16.0 Å². The van der Waals surface area contributed by atoms with Crippen LogP contribution in [0, 0.1) is 17.8 Å². The molecule has 2 aromatic rings. The molecule has 1 aliphatic carbocycles. The SMILES string of the molecule is O=C(Cc1ccccn1)N1CC(=O)N2[C@H](CO)[C@@H](c3ccc(C#CC4CC4)cc3)[C@H]2C1. The molecule has 1 saturated carbocycles. The second kappa shape index (κ2) is 8.16. The summed E-state index contributed by atoms with van der Waals surface area (Å²) in [6.45, 7) is 0.445. The maximum atomic E-state index is 12.8. The molecule has 3 atom stereocenters. The number of hydrogen-bond acceptors (Lipinski definition) is 4. The van der Waals surface area contributed by atoms with E-state index >= 15 is 0 Å². The van der Waals surface area contributed by atoms with Crippen LogP contribution in [0.15, 0.2) is 48.7 Å². The minimum absolute atomic E-state index is 0.00448. The molecule has 0 unspecified atom stereocenters. The standard InChI is InChI=1S/C25H25N3O3/c29-16-22-25(19-10-8-18(9-11-19)7-6-17-4-5-17)21-14-27(15-24(31)28(21)22)23(30)13-20-3-1-2-12-26-20/h1-3,8-12,17,21-22,25,29H,4-5,13-16H2/t21-,22-,25+/m1/s1. The van der Waals surface area contributed by atoms with Gasteiger partial charge in [0.2, 0.25) is 11.8 Å². The highest BCUT2D eigenvalue weighted by molar-refractivity contribution is 5.88. The van der Waals surface area contributed by atoms with E-state index < -0.39 is 0 Å². The molecule has 3 heterocycles. The van der Waals surface area contributed by atoms with Crippen molar-refractivity contribution in [2.24, 2.45) is 5.92 Å². The van der Waals surface area contributed by atoms with E-state index in [0.29, 0.717) is 18.2 Å². The monoisotopic (exact) mass is 415 g/mol. The molecular formula is C25H25N3O3. The summed E-state index contributed by atoms with van der Waals surface area (Å²) in [5.74, 6) is 6.85. The summed E-state index contributed by atoms with van der Waals surface area (Å²) in [5.41, 5.74) is 2.76. The van der Waals surface area contributed by atoms with Gasteiger partial charge in [-0.3, -0.25) is 14.6 Å². The fourth-order valence-electron chi connectivity index (χ4n) is 4.66. The van der Waals surface area contributed by atoms with E-state index in [0.717, 1.165) is 11.1 Å². The number of fused-ring (bicyclic) bond motifs is 1. The predicted octanol–water partition coefficient (Wildman–Crippen LogP) is 1.58. The predicted molar refractivity (Wildman–Crippen MR) is 115 cm³/mol. The van der Waals surface area contributed by atoms with Crippen molar-refractivity contribution in [2.45, 2.75) is 37.3 Å². The molecule has 3 aliphatic rings. The van der Waals surface area contributed by atoms with Gasteiger partial charge in [-0.2, -0.15) is 0 Å². The zero-order valence-electron chi connectivity index (χ0n) is 17.3. The topological polar surface area (TPSA) is 73.7 Å². The third kappa shape index (κ3) is 3.94. The Morgan fingerprint density at radius 3 is 2.65 bits per heavy atom. The molecule has 0 bridgehead atoms. The van der Waals surface area contributed by atoms with Crippen LogP contribution < -0.4 is 0 Å². The smallest absolute Gasteiger partial charge is 0.242 e. The Balaban J connectivity index is 1.31. The molecule has 2 saturated heterocycles. The van der Waals surface area contributed by atoms with E-state index in [2.05, 4.69) is 16.8 Å². The summed E-state index contributed by atoms with van der Waals surface area (Å²) in [7, 11) is 0. The van der Waals surface area contributed by atoms with Crippen molar-refractivity contribution in [2.75, 3.05) is 19.7 Å². The Hall–Kier alpha value is -3.17. The van der Waals surface area contributed by atoms with Gasteiger partial charge in [0.1, 0.15) is 0 Å². The van der Waals surface area contributed by atoms with Crippen molar-refractivity contribution in [3.05, 3.63) is 65.5 Å². The lowest BCUT2D eigenvalue weighted by molar-refractivity contribution is -0.166. The molecule has 6 heteroatoms.